The third kappa shape index (κ3) is 6.13. The lowest BCUT2D eigenvalue weighted by atomic mass is 10.2. The molecule has 1 aliphatic heterocycles. The molecule has 188 valence electrons. The topological polar surface area (TPSA) is 126 Å². The summed E-state index contributed by atoms with van der Waals surface area (Å²) in [5.74, 6) is -1.56. The van der Waals surface area contributed by atoms with E-state index >= 15 is 0 Å². The minimum absolute atomic E-state index is 0.00794. The van der Waals surface area contributed by atoms with E-state index in [0.717, 1.165) is 0 Å². The van der Waals surface area contributed by atoms with Gasteiger partial charge in [-0.05, 0) is 36.3 Å². The number of carboxylic acid groups (broad SMARTS) is 1. The van der Waals surface area contributed by atoms with Gasteiger partial charge >= 0.3 is 11.7 Å². The predicted molar refractivity (Wildman–Crippen MR) is 134 cm³/mol. The van der Waals surface area contributed by atoms with E-state index in [-0.39, 0.29) is 27.6 Å². The standard InChI is InChI=1S/C22H41N3O6Si2/c1-21(2,3)32(7,8)29-13-16-15(31-33(9,10)22(4,5)6)11-17(30-16)25-12-14(19(26)27)18(23)24-20(25)28/h12,15-17H,11,13H2,1-10H3,(H,26,27)(H2,23,24,28). The summed E-state index contributed by atoms with van der Waals surface area (Å²) in [4.78, 5) is 27.8. The fourth-order valence-corrected chi connectivity index (χ4v) is 5.43. The SMILES string of the molecule is CC(C)(C)[Si](C)(C)OCC1OC(n2cc(C(=O)O)c(N)nc2=O)CC1O[Si](C)(C)C(C)(C)C. The Labute approximate surface area is 198 Å². The Kier molecular flexibility index (Phi) is 7.77. The second-order valence-electron chi connectivity index (χ2n) is 11.9. The molecule has 0 saturated carbocycles. The number of ether oxygens (including phenoxy) is 1. The summed E-state index contributed by atoms with van der Waals surface area (Å²) >= 11 is 0. The summed E-state index contributed by atoms with van der Waals surface area (Å²) in [6, 6.07) is 0. The van der Waals surface area contributed by atoms with Gasteiger partial charge in [-0.2, -0.15) is 4.98 Å². The molecular weight excluding hydrogens is 458 g/mol. The maximum atomic E-state index is 12.6. The van der Waals surface area contributed by atoms with Gasteiger partial charge in [0.25, 0.3) is 0 Å². The highest BCUT2D eigenvalue weighted by Gasteiger charge is 2.46. The van der Waals surface area contributed by atoms with Gasteiger partial charge in [0.05, 0.1) is 12.7 Å². The monoisotopic (exact) mass is 499 g/mol. The highest BCUT2D eigenvalue weighted by atomic mass is 28.4. The average Bonchev–Trinajstić information content (AvgIpc) is 2.99. The molecule has 11 heteroatoms. The molecule has 0 radical (unpaired) electrons. The van der Waals surface area contributed by atoms with Crippen molar-refractivity contribution in [2.24, 2.45) is 0 Å². The van der Waals surface area contributed by atoms with Crippen molar-refractivity contribution in [3.05, 3.63) is 22.2 Å². The van der Waals surface area contributed by atoms with Crippen LogP contribution in [-0.4, -0.2) is 56.1 Å². The normalized spacial score (nSPS) is 22.5. The average molecular weight is 500 g/mol. The fraction of sp³-hybridized carbons (Fsp3) is 0.773. The number of aromatic nitrogens is 2. The van der Waals surface area contributed by atoms with Crippen LogP contribution in [0.2, 0.25) is 36.3 Å². The third-order valence-corrected chi connectivity index (χ3v) is 16.4. The van der Waals surface area contributed by atoms with E-state index in [1.54, 1.807) is 0 Å². The number of anilines is 1. The first-order valence-electron chi connectivity index (χ1n) is 11.4. The molecule has 3 unspecified atom stereocenters. The highest BCUT2D eigenvalue weighted by Crippen LogP contribution is 2.42. The van der Waals surface area contributed by atoms with Gasteiger partial charge in [0.2, 0.25) is 0 Å². The Morgan fingerprint density at radius 1 is 1.18 bits per heavy atom. The predicted octanol–water partition coefficient (Wildman–Crippen LogP) is 4.22. The number of hydrogen-bond acceptors (Lipinski definition) is 7. The van der Waals surface area contributed by atoms with Crippen molar-refractivity contribution in [3.63, 3.8) is 0 Å². The van der Waals surface area contributed by atoms with Crippen LogP contribution in [0.5, 0.6) is 0 Å². The third-order valence-electron chi connectivity index (χ3n) is 7.37. The lowest BCUT2D eigenvalue weighted by Gasteiger charge is -2.40. The van der Waals surface area contributed by atoms with Gasteiger partial charge in [0, 0.05) is 12.6 Å². The summed E-state index contributed by atoms with van der Waals surface area (Å²) in [6.45, 7) is 22.1. The van der Waals surface area contributed by atoms with Crippen molar-refractivity contribution < 1.29 is 23.5 Å². The lowest BCUT2D eigenvalue weighted by molar-refractivity contribution is -0.0412. The van der Waals surface area contributed by atoms with Crippen LogP contribution in [0.1, 0.15) is 64.5 Å². The first-order chi connectivity index (χ1) is 14.8. The van der Waals surface area contributed by atoms with Crippen LogP contribution in [0.3, 0.4) is 0 Å². The maximum Gasteiger partial charge on any atom is 0.351 e. The molecule has 1 saturated heterocycles. The molecule has 0 spiro atoms. The minimum Gasteiger partial charge on any atom is -0.478 e. The van der Waals surface area contributed by atoms with Crippen molar-refractivity contribution in [2.75, 3.05) is 12.3 Å². The number of nitrogens with two attached hydrogens (primary N) is 1. The zero-order valence-electron chi connectivity index (χ0n) is 21.7. The number of rotatable bonds is 7. The smallest absolute Gasteiger partial charge is 0.351 e. The van der Waals surface area contributed by atoms with Gasteiger partial charge in [0.15, 0.2) is 16.6 Å². The molecular formula is C22H41N3O6Si2. The highest BCUT2D eigenvalue weighted by molar-refractivity contribution is 6.74. The Bertz CT molecular complexity index is 934. The van der Waals surface area contributed by atoms with Gasteiger partial charge in [-0.15, -0.1) is 0 Å². The molecule has 3 atom stereocenters. The van der Waals surface area contributed by atoms with Gasteiger partial charge in [-0.1, -0.05) is 41.5 Å². The first kappa shape index (κ1) is 27.7. The molecule has 9 nitrogen and oxygen atoms in total. The number of nitrogen functional groups attached to an aromatic ring is 1. The lowest BCUT2D eigenvalue weighted by Crippen LogP contribution is -2.48. The van der Waals surface area contributed by atoms with Gasteiger partial charge in [-0.25, -0.2) is 9.59 Å². The number of hydrogen-bond donors (Lipinski definition) is 2. The number of carbonyl (C=O) groups is 1. The molecule has 0 bridgehead atoms. The summed E-state index contributed by atoms with van der Waals surface area (Å²) in [7, 11) is -4.19. The van der Waals surface area contributed by atoms with E-state index in [1.807, 2.05) is 0 Å². The number of aromatic carboxylic acids is 1. The van der Waals surface area contributed by atoms with Crippen LogP contribution in [0, 0.1) is 0 Å². The molecule has 3 N–H and O–H groups in total. The van der Waals surface area contributed by atoms with Crippen LogP contribution in [-0.2, 0) is 13.6 Å². The van der Waals surface area contributed by atoms with Crippen LogP contribution in [0.4, 0.5) is 5.82 Å². The quantitative estimate of drug-likeness (QED) is 0.534. The van der Waals surface area contributed by atoms with E-state index in [2.05, 4.69) is 72.7 Å². The fourth-order valence-electron chi connectivity index (χ4n) is 3.06. The maximum absolute atomic E-state index is 12.6. The Morgan fingerprint density at radius 2 is 1.73 bits per heavy atom. The second-order valence-corrected chi connectivity index (χ2v) is 21.5. The summed E-state index contributed by atoms with van der Waals surface area (Å²) in [5, 5.41) is 9.44. The Morgan fingerprint density at radius 3 is 2.21 bits per heavy atom. The summed E-state index contributed by atoms with van der Waals surface area (Å²) < 4.78 is 20.6. The second kappa shape index (κ2) is 9.25. The molecule has 2 rings (SSSR count). The summed E-state index contributed by atoms with van der Waals surface area (Å²) in [6.07, 6.45) is 0.196. The molecule has 1 fully saturated rings. The molecule has 0 aliphatic carbocycles. The first-order valence-corrected chi connectivity index (χ1v) is 17.2. The van der Waals surface area contributed by atoms with Crippen molar-refractivity contribution in [1.29, 1.82) is 0 Å². The van der Waals surface area contributed by atoms with E-state index in [9.17, 15) is 14.7 Å². The molecule has 1 aromatic heterocycles. The number of nitrogens with zero attached hydrogens (tertiary/aromatic N) is 2. The molecule has 33 heavy (non-hydrogen) atoms. The van der Waals surface area contributed by atoms with Crippen LogP contribution in [0.15, 0.2) is 11.0 Å². The van der Waals surface area contributed by atoms with E-state index in [0.29, 0.717) is 13.0 Å². The Hall–Kier alpha value is -1.54. The minimum atomic E-state index is -2.15. The number of carboxylic acids is 1. The van der Waals surface area contributed by atoms with E-state index < -0.39 is 40.6 Å². The summed E-state index contributed by atoms with van der Waals surface area (Å²) in [5.41, 5.74) is 4.74. The van der Waals surface area contributed by atoms with Crippen LogP contribution >= 0.6 is 0 Å². The van der Waals surface area contributed by atoms with Gasteiger partial charge < -0.3 is 24.4 Å². The molecule has 1 aromatic rings. The molecule has 1 aliphatic rings. The van der Waals surface area contributed by atoms with Crippen LogP contribution in [0.25, 0.3) is 0 Å². The molecule has 0 amide bonds. The largest absolute Gasteiger partial charge is 0.478 e. The zero-order valence-corrected chi connectivity index (χ0v) is 23.7. The van der Waals surface area contributed by atoms with E-state index in [1.165, 1.54) is 10.8 Å². The Balaban J connectivity index is 2.38. The van der Waals surface area contributed by atoms with Gasteiger partial charge in [-0.3, -0.25) is 4.57 Å². The van der Waals surface area contributed by atoms with E-state index in [4.69, 9.17) is 19.3 Å². The molecule has 2 heterocycles. The van der Waals surface area contributed by atoms with Crippen molar-refractivity contribution in [2.45, 2.75) is 103 Å². The zero-order chi connectivity index (χ0) is 25.6. The van der Waals surface area contributed by atoms with Crippen molar-refractivity contribution >= 4 is 28.4 Å². The van der Waals surface area contributed by atoms with Crippen LogP contribution < -0.4 is 11.4 Å². The van der Waals surface area contributed by atoms with Crippen molar-refractivity contribution in [1.82, 2.24) is 9.55 Å². The van der Waals surface area contributed by atoms with Gasteiger partial charge in [0.1, 0.15) is 23.7 Å². The molecule has 0 aromatic carbocycles. The van der Waals surface area contributed by atoms with Crippen molar-refractivity contribution in [3.8, 4) is 0 Å².